The zero-order valence-corrected chi connectivity index (χ0v) is 15.0. The summed E-state index contributed by atoms with van der Waals surface area (Å²) in [6, 6.07) is 6.09. The molecule has 0 N–H and O–H groups in total. The highest BCUT2D eigenvalue weighted by molar-refractivity contribution is 6.22. The van der Waals surface area contributed by atoms with Gasteiger partial charge in [0.25, 0.3) is 11.8 Å². The van der Waals surface area contributed by atoms with E-state index in [1.165, 1.54) is 11.3 Å². The van der Waals surface area contributed by atoms with Crippen LogP contribution in [-0.4, -0.2) is 46.7 Å². The summed E-state index contributed by atoms with van der Waals surface area (Å²) >= 11 is 0. The van der Waals surface area contributed by atoms with Gasteiger partial charge in [0.15, 0.2) is 0 Å². The van der Waals surface area contributed by atoms with Gasteiger partial charge in [-0.25, -0.2) is 0 Å². The maximum Gasteiger partial charge on any atom is 0.262 e. The smallest absolute Gasteiger partial charge is 0.262 e. The number of rotatable bonds is 3. The minimum absolute atomic E-state index is 0.0913. The van der Waals surface area contributed by atoms with Gasteiger partial charge in [-0.3, -0.25) is 19.3 Å². The zero-order chi connectivity index (χ0) is 18.0. The van der Waals surface area contributed by atoms with Gasteiger partial charge in [0.05, 0.1) is 11.1 Å². The Morgan fingerprint density at radius 2 is 1.36 bits per heavy atom. The molecular weight excluding hydrogens is 316 g/mol. The van der Waals surface area contributed by atoms with Crippen molar-refractivity contribution in [2.75, 3.05) is 13.1 Å². The molecule has 3 amide bonds. The SMILES string of the molecule is CC(C)C(C(=O)N1CCCCCCC1)N1C(=O)c2ccccc2C1=O. The summed E-state index contributed by atoms with van der Waals surface area (Å²) in [5, 5.41) is 0. The lowest BCUT2D eigenvalue weighted by Crippen LogP contribution is -2.54. The molecule has 1 aromatic carbocycles. The second-order valence-corrected chi connectivity index (χ2v) is 7.31. The first-order chi connectivity index (χ1) is 12.0. The molecular formula is C20H26N2O3. The van der Waals surface area contributed by atoms with E-state index < -0.39 is 6.04 Å². The Kier molecular flexibility index (Phi) is 5.21. The number of fused-ring (bicyclic) bond motifs is 1. The first kappa shape index (κ1) is 17.6. The molecule has 25 heavy (non-hydrogen) atoms. The molecule has 0 saturated carbocycles. The van der Waals surface area contributed by atoms with E-state index in [1.807, 2.05) is 18.7 Å². The third-order valence-corrected chi connectivity index (χ3v) is 5.16. The highest BCUT2D eigenvalue weighted by atomic mass is 16.2. The minimum atomic E-state index is -0.730. The molecule has 1 unspecified atom stereocenters. The van der Waals surface area contributed by atoms with Crippen LogP contribution in [0.25, 0.3) is 0 Å². The van der Waals surface area contributed by atoms with E-state index in [-0.39, 0.29) is 23.6 Å². The molecule has 1 fully saturated rings. The van der Waals surface area contributed by atoms with Crippen molar-refractivity contribution in [2.45, 2.75) is 52.0 Å². The third kappa shape index (κ3) is 3.32. The van der Waals surface area contributed by atoms with Gasteiger partial charge in [-0.05, 0) is 30.9 Å². The van der Waals surface area contributed by atoms with E-state index >= 15 is 0 Å². The molecule has 2 aliphatic heterocycles. The molecule has 0 bridgehead atoms. The highest BCUT2D eigenvalue weighted by Gasteiger charge is 2.44. The van der Waals surface area contributed by atoms with Gasteiger partial charge in [0.2, 0.25) is 5.91 Å². The predicted molar refractivity (Wildman–Crippen MR) is 95.2 cm³/mol. The third-order valence-electron chi connectivity index (χ3n) is 5.16. The van der Waals surface area contributed by atoms with Crippen molar-refractivity contribution in [3.63, 3.8) is 0 Å². The molecule has 134 valence electrons. The van der Waals surface area contributed by atoms with Gasteiger partial charge >= 0.3 is 0 Å². The fourth-order valence-electron chi connectivity index (χ4n) is 3.81. The normalized spacial score (nSPS) is 19.6. The summed E-state index contributed by atoms with van der Waals surface area (Å²) in [4.78, 5) is 41.9. The van der Waals surface area contributed by atoms with Crippen LogP contribution >= 0.6 is 0 Å². The lowest BCUT2D eigenvalue weighted by molar-refractivity contribution is -0.137. The molecule has 0 spiro atoms. The van der Waals surface area contributed by atoms with Crippen LogP contribution in [0.3, 0.4) is 0 Å². The first-order valence-corrected chi connectivity index (χ1v) is 9.28. The Morgan fingerprint density at radius 3 is 1.84 bits per heavy atom. The van der Waals surface area contributed by atoms with Crippen molar-refractivity contribution in [1.29, 1.82) is 0 Å². The summed E-state index contributed by atoms with van der Waals surface area (Å²) in [5.74, 6) is -0.911. The molecule has 5 nitrogen and oxygen atoms in total. The van der Waals surface area contributed by atoms with Crippen LogP contribution in [0, 0.1) is 5.92 Å². The summed E-state index contributed by atoms with van der Waals surface area (Å²) in [6.45, 7) is 5.22. The molecule has 1 aromatic rings. The summed E-state index contributed by atoms with van der Waals surface area (Å²) in [6.07, 6.45) is 5.44. The second kappa shape index (κ2) is 7.38. The van der Waals surface area contributed by atoms with E-state index in [4.69, 9.17) is 0 Å². The van der Waals surface area contributed by atoms with E-state index in [0.717, 1.165) is 25.7 Å². The fraction of sp³-hybridized carbons (Fsp3) is 0.550. The summed E-state index contributed by atoms with van der Waals surface area (Å²) in [7, 11) is 0. The Bertz CT molecular complexity index is 640. The van der Waals surface area contributed by atoms with Gasteiger partial charge in [-0.2, -0.15) is 0 Å². The van der Waals surface area contributed by atoms with Gasteiger partial charge < -0.3 is 4.90 Å². The van der Waals surface area contributed by atoms with E-state index in [1.54, 1.807) is 24.3 Å². The molecule has 1 atom stereocenters. The summed E-state index contributed by atoms with van der Waals surface area (Å²) in [5.41, 5.74) is 0.803. The molecule has 5 heteroatoms. The van der Waals surface area contributed by atoms with Crippen molar-refractivity contribution in [2.24, 2.45) is 5.92 Å². The first-order valence-electron chi connectivity index (χ1n) is 9.28. The van der Waals surface area contributed by atoms with Crippen molar-refractivity contribution >= 4 is 17.7 Å². The van der Waals surface area contributed by atoms with Crippen LogP contribution in [0.1, 0.15) is 66.7 Å². The zero-order valence-electron chi connectivity index (χ0n) is 15.0. The topological polar surface area (TPSA) is 57.7 Å². The lowest BCUT2D eigenvalue weighted by atomic mass is 9.99. The highest BCUT2D eigenvalue weighted by Crippen LogP contribution is 2.28. The number of imide groups is 1. The monoisotopic (exact) mass is 342 g/mol. The van der Waals surface area contributed by atoms with Crippen LogP contribution < -0.4 is 0 Å². The van der Waals surface area contributed by atoms with Crippen molar-refractivity contribution in [1.82, 2.24) is 9.80 Å². The molecule has 1 saturated heterocycles. The standard InChI is InChI=1S/C20H26N2O3/c1-14(2)17(20(25)21-12-8-4-3-5-9-13-21)22-18(23)15-10-6-7-11-16(15)19(22)24/h6-7,10-11,14,17H,3-5,8-9,12-13H2,1-2H3. The Hall–Kier alpha value is -2.17. The van der Waals surface area contributed by atoms with Crippen molar-refractivity contribution < 1.29 is 14.4 Å². The summed E-state index contributed by atoms with van der Waals surface area (Å²) < 4.78 is 0. The molecule has 3 rings (SSSR count). The quantitative estimate of drug-likeness (QED) is 0.793. The Labute approximate surface area is 149 Å². The molecule has 2 heterocycles. The minimum Gasteiger partial charge on any atom is -0.341 e. The van der Waals surface area contributed by atoms with Crippen LogP contribution in [0.15, 0.2) is 24.3 Å². The van der Waals surface area contributed by atoms with Crippen molar-refractivity contribution in [3.05, 3.63) is 35.4 Å². The Morgan fingerprint density at radius 1 is 0.880 bits per heavy atom. The second-order valence-electron chi connectivity index (χ2n) is 7.31. The van der Waals surface area contributed by atoms with Crippen LogP contribution in [0.5, 0.6) is 0 Å². The molecule has 0 radical (unpaired) electrons. The average molecular weight is 342 g/mol. The van der Waals surface area contributed by atoms with E-state index in [9.17, 15) is 14.4 Å². The maximum atomic E-state index is 13.2. The lowest BCUT2D eigenvalue weighted by Gasteiger charge is -2.34. The van der Waals surface area contributed by atoms with E-state index in [0.29, 0.717) is 24.2 Å². The van der Waals surface area contributed by atoms with Gasteiger partial charge in [-0.15, -0.1) is 0 Å². The fourth-order valence-corrected chi connectivity index (χ4v) is 3.81. The largest absolute Gasteiger partial charge is 0.341 e. The van der Waals surface area contributed by atoms with E-state index in [2.05, 4.69) is 0 Å². The van der Waals surface area contributed by atoms with Crippen LogP contribution in [0.4, 0.5) is 0 Å². The van der Waals surface area contributed by atoms with Gasteiger partial charge in [-0.1, -0.05) is 45.2 Å². The van der Waals surface area contributed by atoms with Gasteiger partial charge in [0.1, 0.15) is 6.04 Å². The van der Waals surface area contributed by atoms with Crippen LogP contribution in [-0.2, 0) is 4.79 Å². The van der Waals surface area contributed by atoms with Crippen LogP contribution in [0.2, 0.25) is 0 Å². The van der Waals surface area contributed by atoms with Crippen molar-refractivity contribution in [3.8, 4) is 0 Å². The average Bonchev–Trinajstić information content (AvgIpc) is 2.80. The number of likely N-dealkylation sites (tertiary alicyclic amines) is 1. The number of benzene rings is 1. The number of hydrogen-bond donors (Lipinski definition) is 0. The number of nitrogens with zero attached hydrogens (tertiary/aromatic N) is 2. The number of amides is 3. The Balaban J connectivity index is 1.87. The molecule has 0 aliphatic carbocycles. The van der Waals surface area contributed by atoms with Gasteiger partial charge in [0, 0.05) is 13.1 Å². The number of hydrogen-bond acceptors (Lipinski definition) is 3. The molecule has 2 aliphatic rings. The molecule has 0 aromatic heterocycles. The number of carbonyl (C=O) groups is 3. The predicted octanol–water partition coefficient (Wildman–Crippen LogP) is 3.10. The number of carbonyl (C=O) groups excluding carboxylic acids is 3. The maximum absolute atomic E-state index is 13.2.